The summed E-state index contributed by atoms with van der Waals surface area (Å²) in [4.78, 5) is 25.8. The van der Waals surface area contributed by atoms with Crippen LogP contribution in [0.15, 0.2) is 127 Å². The largest absolute Gasteiger partial charge is 0.507 e. The highest BCUT2D eigenvalue weighted by Gasteiger charge is 2.37. The molecule has 6 aromatic carbocycles. The molecular formula is C50H45NO4. The number of aryl methyl sites for hydroxylation is 1. The number of fused-ring (bicyclic) bond motifs is 5. The van der Waals surface area contributed by atoms with E-state index in [2.05, 4.69) is 107 Å². The number of carbonyl (C=O) groups is 2. The second-order valence-corrected chi connectivity index (χ2v) is 16.5. The summed E-state index contributed by atoms with van der Waals surface area (Å²) in [6.45, 7) is 12.1. The zero-order chi connectivity index (χ0) is 38.6. The van der Waals surface area contributed by atoms with Gasteiger partial charge in [0, 0.05) is 23.2 Å². The van der Waals surface area contributed by atoms with Gasteiger partial charge in [-0.2, -0.15) is 0 Å². The fraction of sp³-hybridized carbons (Fsp3) is 0.200. The molecular weight excluding hydrogens is 679 g/mol. The minimum atomic E-state index is -1.21. The Morgan fingerprint density at radius 2 is 1.56 bits per heavy atom. The molecule has 6 aromatic rings. The molecule has 0 atom stereocenters. The van der Waals surface area contributed by atoms with E-state index in [4.69, 9.17) is 0 Å². The van der Waals surface area contributed by atoms with Gasteiger partial charge in [-0.3, -0.25) is 4.79 Å². The van der Waals surface area contributed by atoms with Crippen molar-refractivity contribution in [2.24, 2.45) is 5.41 Å². The van der Waals surface area contributed by atoms with Gasteiger partial charge in [0.05, 0.1) is 0 Å². The van der Waals surface area contributed by atoms with Gasteiger partial charge in [0.1, 0.15) is 11.3 Å². The number of hydrogen-bond acceptors (Lipinski definition) is 4. The number of allylic oxidation sites excluding steroid dienone is 5. The first-order chi connectivity index (χ1) is 26.3. The number of aromatic hydroxyl groups is 1. The van der Waals surface area contributed by atoms with Crippen LogP contribution in [-0.2, 0) is 12.0 Å². The maximum Gasteiger partial charge on any atom is 0.339 e. The van der Waals surface area contributed by atoms with Gasteiger partial charge >= 0.3 is 5.97 Å². The van der Waals surface area contributed by atoms with Crippen molar-refractivity contribution in [2.45, 2.75) is 59.4 Å². The zero-order valence-corrected chi connectivity index (χ0v) is 32.0. The summed E-state index contributed by atoms with van der Waals surface area (Å²) in [7, 11) is 0. The van der Waals surface area contributed by atoms with Crippen LogP contribution in [0.3, 0.4) is 0 Å². The molecule has 0 heterocycles. The molecule has 2 aliphatic carbocycles. The van der Waals surface area contributed by atoms with Crippen molar-refractivity contribution in [3.05, 3.63) is 166 Å². The third-order valence-corrected chi connectivity index (χ3v) is 11.3. The smallest absolute Gasteiger partial charge is 0.339 e. The summed E-state index contributed by atoms with van der Waals surface area (Å²) >= 11 is 0. The third kappa shape index (κ3) is 6.76. The van der Waals surface area contributed by atoms with Crippen molar-refractivity contribution in [3.63, 3.8) is 0 Å². The molecule has 0 fully saturated rings. The van der Waals surface area contributed by atoms with Crippen LogP contribution in [0.25, 0.3) is 44.3 Å². The van der Waals surface area contributed by atoms with Crippen LogP contribution in [0.4, 0.5) is 5.69 Å². The Kier molecular flexibility index (Phi) is 8.84. The Hall–Kier alpha value is -6.20. The molecule has 2 aliphatic rings. The highest BCUT2D eigenvalue weighted by atomic mass is 16.4. The molecule has 0 unspecified atom stereocenters. The summed E-state index contributed by atoms with van der Waals surface area (Å²) in [6, 6.07) is 33.9. The second-order valence-electron chi connectivity index (χ2n) is 16.5. The van der Waals surface area contributed by atoms with Crippen LogP contribution in [0, 0.1) is 12.3 Å². The van der Waals surface area contributed by atoms with E-state index in [-0.39, 0.29) is 27.9 Å². The van der Waals surface area contributed by atoms with Gasteiger partial charge in [-0.25, -0.2) is 4.79 Å². The maximum atomic E-state index is 14.4. The number of carboxylic acid groups (broad SMARTS) is 1. The van der Waals surface area contributed by atoms with Crippen molar-refractivity contribution < 1.29 is 19.8 Å². The van der Waals surface area contributed by atoms with E-state index in [0.29, 0.717) is 17.7 Å². The van der Waals surface area contributed by atoms with E-state index in [0.717, 1.165) is 45.8 Å². The molecule has 0 spiro atoms. The number of phenols is 1. The molecule has 5 heteroatoms. The van der Waals surface area contributed by atoms with Crippen molar-refractivity contribution in [2.75, 3.05) is 5.32 Å². The predicted molar refractivity (Wildman–Crippen MR) is 226 cm³/mol. The minimum absolute atomic E-state index is 0.108. The lowest BCUT2D eigenvalue weighted by atomic mass is 9.64. The normalized spacial score (nSPS) is 15.7. The topological polar surface area (TPSA) is 86.6 Å². The first kappa shape index (κ1) is 35.8. The Labute approximate surface area is 322 Å². The molecule has 0 aromatic heterocycles. The van der Waals surface area contributed by atoms with Crippen LogP contribution >= 0.6 is 0 Å². The van der Waals surface area contributed by atoms with E-state index in [9.17, 15) is 19.8 Å². The second kappa shape index (κ2) is 13.6. The molecule has 3 N–H and O–H groups in total. The lowest BCUT2D eigenvalue weighted by Crippen LogP contribution is -2.28. The first-order valence-electron chi connectivity index (χ1n) is 18.9. The van der Waals surface area contributed by atoms with Gasteiger partial charge in [-0.05, 0) is 116 Å². The maximum absolute atomic E-state index is 14.4. The molecule has 55 heavy (non-hydrogen) atoms. The van der Waals surface area contributed by atoms with Gasteiger partial charge < -0.3 is 15.5 Å². The summed E-state index contributed by atoms with van der Waals surface area (Å²) in [5.74, 6) is -1.76. The summed E-state index contributed by atoms with van der Waals surface area (Å²) < 4.78 is 0. The number of aromatic carboxylic acids is 1. The SMILES string of the molecule is Cc1ccc(CNc2cc(-c3ccc4ccccc4c3C(=O)C=Cc3ccc(C(=O)O)c(O)c3)cc3ccc4c(c23)C(C)(C)CC2=C4C=CC(C)(C)C2)cc1. The van der Waals surface area contributed by atoms with Crippen LogP contribution < -0.4 is 5.32 Å². The number of carboxylic acids is 1. The van der Waals surface area contributed by atoms with Gasteiger partial charge in [0.25, 0.3) is 0 Å². The zero-order valence-electron chi connectivity index (χ0n) is 32.0. The van der Waals surface area contributed by atoms with Crippen LogP contribution in [0.2, 0.25) is 0 Å². The van der Waals surface area contributed by atoms with Crippen molar-refractivity contribution in [1.29, 1.82) is 0 Å². The Balaban J connectivity index is 1.30. The first-order valence-corrected chi connectivity index (χ1v) is 18.9. The summed E-state index contributed by atoms with van der Waals surface area (Å²) in [6.07, 6.45) is 9.87. The molecule has 0 radical (unpaired) electrons. The number of carbonyl (C=O) groups excluding carboxylic acids is 1. The highest BCUT2D eigenvalue weighted by molar-refractivity contribution is 6.19. The van der Waals surface area contributed by atoms with Crippen molar-refractivity contribution in [3.8, 4) is 16.9 Å². The van der Waals surface area contributed by atoms with Gasteiger partial charge in [0.15, 0.2) is 5.78 Å². The quantitative estimate of drug-likeness (QED) is 0.107. The van der Waals surface area contributed by atoms with Crippen molar-refractivity contribution in [1.82, 2.24) is 0 Å². The van der Waals surface area contributed by atoms with E-state index in [1.54, 1.807) is 12.1 Å². The Bertz CT molecular complexity index is 2650. The molecule has 0 amide bonds. The predicted octanol–water partition coefficient (Wildman–Crippen LogP) is 12.3. The number of hydrogen-bond donors (Lipinski definition) is 3. The lowest BCUT2D eigenvalue weighted by molar-refractivity contribution is 0.0693. The fourth-order valence-electron chi connectivity index (χ4n) is 8.65. The Morgan fingerprint density at radius 1 is 0.818 bits per heavy atom. The van der Waals surface area contributed by atoms with Crippen LogP contribution in [0.1, 0.15) is 89.1 Å². The van der Waals surface area contributed by atoms with Crippen LogP contribution in [0.5, 0.6) is 5.75 Å². The highest BCUT2D eigenvalue weighted by Crippen LogP contribution is 2.52. The number of nitrogens with one attached hydrogen (secondary N) is 1. The molecule has 5 nitrogen and oxygen atoms in total. The average molecular weight is 724 g/mol. The fourth-order valence-corrected chi connectivity index (χ4v) is 8.65. The monoisotopic (exact) mass is 723 g/mol. The number of rotatable bonds is 8. The van der Waals surface area contributed by atoms with E-state index < -0.39 is 5.97 Å². The van der Waals surface area contributed by atoms with E-state index in [1.165, 1.54) is 57.0 Å². The third-order valence-electron chi connectivity index (χ3n) is 11.3. The number of ketones is 1. The van der Waals surface area contributed by atoms with Gasteiger partial charge in [-0.1, -0.05) is 136 Å². The lowest BCUT2D eigenvalue weighted by Gasteiger charge is -2.40. The summed E-state index contributed by atoms with van der Waals surface area (Å²) in [5.41, 5.74) is 11.6. The molecule has 0 aliphatic heterocycles. The van der Waals surface area contributed by atoms with Crippen LogP contribution in [-0.4, -0.2) is 22.0 Å². The Morgan fingerprint density at radius 3 is 2.33 bits per heavy atom. The minimum Gasteiger partial charge on any atom is -0.507 e. The van der Waals surface area contributed by atoms with E-state index in [1.807, 2.05) is 30.3 Å². The van der Waals surface area contributed by atoms with Gasteiger partial charge in [-0.15, -0.1) is 0 Å². The number of anilines is 1. The van der Waals surface area contributed by atoms with Gasteiger partial charge in [0.2, 0.25) is 0 Å². The van der Waals surface area contributed by atoms with Crippen molar-refractivity contribution >= 4 is 50.6 Å². The number of benzene rings is 6. The molecule has 0 bridgehead atoms. The standard InChI is InChI=1S/C50H45NO4/c1-30-10-12-32(13-11-30)29-51-42-26-35(25-34-17-20-40-37-22-23-49(2,3)27-36(37)28-50(4,5)47(40)45(34)42)39-19-16-33-8-6-7-9-38(33)46(39)43(52)21-15-31-14-18-41(48(54)55)44(53)24-31/h6-26,51,53H,27-29H2,1-5H3,(H,54,55). The molecule has 0 saturated carbocycles. The summed E-state index contributed by atoms with van der Waals surface area (Å²) in [5, 5.41) is 27.6. The molecule has 274 valence electrons. The molecule has 8 rings (SSSR count). The van der Waals surface area contributed by atoms with E-state index >= 15 is 0 Å². The average Bonchev–Trinajstić information content (AvgIpc) is 3.15. The molecule has 0 saturated heterocycles.